The first-order valence-electron chi connectivity index (χ1n) is 6.08. The highest BCUT2D eigenvalue weighted by Crippen LogP contribution is 2.28. The van der Waals surface area contributed by atoms with E-state index >= 15 is 0 Å². The minimum absolute atomic E-state index is 0.198. The van der Waals surface area contributed by atoms with E-state index in [-0.39, 0.29) is 5.56 Å². The number of fused-ring (bicyclic) bond motifs is 1. The average molecular weight is 298 g/mol. The van der Waals surface area contributed by atoms with Crippen LogP contribution >= 0.6 is 11.8 Å². The number of hydrogen-bond donors (Lipinski definition) is 1. The molecular formula is C14H10N4O2S. The van der Waals surface area contributed by atoms with Crippen molar-refractivity contribution in [3.05, 3.63) is 48.0 Å². The average Bonchev–Trinajstić information content (AvgIpc) is 2.49. The van der Waals surface area contributed by atoms with Crippen LogP contribution in [0.5, 0.6) is 0 Å². The zero-order valence-electron chi connectivity index (χ0n) is 11.0. The fourth-order valence-electron chi connectivity index (χ4n) is 1.77. The number of aryl methyl sites for hydroxylation is 1. The molecule has 0 saturated carbocycles. The Kier molecular flexibility index (Phi) is 3.49. The summed E-state index contributed by atoms with van der Waals surface area (Å²) in [5.41, 5.74) is 1.77. The Morgan fingerprint density at radius 2 is 1.90 bits per heavy atom. The van der Waals surface area contributed by atoms with Gasteiger partial charge in [0, 0.05) is 17.8 Å². The van der Waals surface area contributed by atoms with Crippen molar-refractivity contribution in [3.63, 3.8) is 0 Å². The Balaban J connectivity index is 2.02. The predicted molar refractivity (Wildman–Crippen MR) is 77.4 cm³/mol. The van der Waals surface area contributed by atoms with Gasteiger partial charge >= 0.3 is 5.97 Å². The molecule has 0 aliphatic heterocycles. The summed E-state index contributed by atoms with van der Waals surface area (Å²) in [5, 5.41) is 11.1. The second-order valence-corrected chi connectivity index (χ2v) is 5.32. The zero-order valence-corrected chi connectivity index (χ0v) is 11.8. The van der Waals surface area contributed by atoms with Crippen LogP contribution in [0.4, 0.5) is 0 Å². The van der Waals surface area contributed by atoms with Crippen LogP contribution in [0.2, 0.25) is 0 Å². The molecule has 7 heteroatoms. The van der Waals surface area contributed by atoms with Crippen molar-refractivity contribution in [2.24, 2.45) is 0 Å². The van der Waals surface area contributed by atoms with Crippen LogP contribution < -0.4 is 0 Å². The van der Waals surface area contributed by atoms with Gasteiger partial charge in [-0.25, -0.2) is 24.7 Å². The standard InChI is InChI=1S/C14H10N4O2S/c1-8-5-15-14(16-6-8)21-12-10-3-2-9(13(19)20)4-11(10)17-7-18-12/h2-7H,1H3,(H,19,20). The van der Waals surface area contributed by atoms with Gasteiger partial charge in [0.1, 0.15) is 11.4 Å². The molecule has 0 aliphatic carbocycles. The molecule has 0 bridgehead atoms. The smallest absolute Gasteiger partial charge is 0.335 e. The van der Waals surface area contributed by atoms with Gasteiger partial charge in [0.05, 0.1) is 11.1 Å². The highest BCUT2D eigenvalue weighted by Gasteiger charge is 2.10. The minimum atomic E-state index is -0.980. The van der Waals surface area contributed by atoms with Crippen LogP contribution in [0.25, 0.3) is 10.9 Å². The fourth-order valence-corrected chi connectivity index (χ4v) is 2.53. The van der Waals surface area contributed by atoms with E-state index in [0.29, 0.717) is 15.7 Å². The summed E-state index contributed by atoms with van der Waals surface area (Å²) in [6.07, 6.45) is 4.88. The quantitative estimate of drug-likeness (QED) is 0.587. The minimum Gasteiger partial charge on any atom is -0.478 e. The van der Waals surface area contributed by atoms with Gasteiger partial charge in [0.2, 0.25) is 0 Å². The molecule has 2 aromatic heterocycles. The number of nitrogens with zero attached hydrogens (tertiary/aromatic N) is 4. The number of carboxylic acids is 1. The lowest BCUT2D eigenvalue weighted by atomic mass is 10.1. The first kappa shape index (κ1) is 13.4. The Bertz CT molecular complexity index is 821. The van der Waals surface area contributed by atoms with E-state index < -0.39 is 5.97 Å². The van der Waals surface area contributed by atoms with Crippen molar-refractivity contribution >= 4 is 28.6 Å². The lowest BCUT2D eigenvalue weighted by Crippen LogP contribution is -1.97. The van der Waals surface area contributed by atoms with Gasteiger partial charge in [0.15, 0.2) is 5.16 Å². The van der Waals surface area contributed by atoms with E-state index in [0.717, 1.165) is 10.9 Å². The molecule has 0 amide bonds. The van der Waals surface area contributed by atoms with Gasteiger partial charge in [-0.1, -0.05) is 0 Å². The van der Waals surface area contributed by atoms with Gasteiger partial charge in [-0.15, -0.1) is 0 Å². The third-order valence-electron chi connectivity index (χ3n) is 2.79. The number of benzene rings is 1. The van der Waals surface area contributed by atoms with Crippen molar-refractivity contribution in [3.8, 4) is 0 Å². The molecule has 3 aromatic rings. The molecule has 0 aliphatic rings. The molecule has 1 N–H and O–H groups in total. The number of hydrogen-bond acceptors (Lipinski definition) is 6. The van der Waals surface area contributed by atoms with Crippen LogP contribution in [0, 0.1) is 6.92 Å². The SMILES string of the molecule is Cc1cnc(Sc2ncnc3cc(C(=O)O)ccc23)nc1. The molecule has 0 spiro atoms. The van der Waals surface area contributed by atoms with Crippen molar-refractivity contribution in [2.75, 3.05) is 0 Å². The topological polar surface area (TPSA) is 88.9 Å². The van der Waals surface area contributed by atoms with E-state index in [1.54, 1.807) is 18.5 Å². The predicted octanol–water partition coefficient (Wildman–Crippen LogP) is 2.58. The Morgan fingerprint density at radius 1 is 1.14 bits per heavy atom. The molecular weight excluding hydrogens is 288 g/mol. The fraction of sp³-hybridized carbons (Fsp3) is 0.0714. The number of aromatic nitrogens is 4. The van der Waals surface area contributed by atoms with E-state index in [9.17, 15) is 4.79 Å². The van der Waals surface area contributed by atoms with Crippen molar-refractivity contribution in [1.29, 1.82) is 0 Å². The molecule has 6 nitrogen and oxygen atoms in total. The summed E-state index contributed by atoms with van der Waals surface area (Å²) >= 11 is 1.32. The van der Waals surface area contributed by atoms with Gasteiger partial charge in [-0.3, -0.25) is 0 Å². The second kappa shape index (κ2) is 5.45. The van der Waals surface area contributed by atoms with E-state index in [1.807, 2.05) is 6.92 Å². The first-order chi connectivity index (χ1) is 10.1. The summed E-state index contributed by atoms with van der Waals surface area (Å²) in [7, 11) is 0. The lowest BCUT2D eigenvalue weighted by Gasteiger charge is -2.04. The van der Waals surface area contributed by atoms with Crippen LogP contribution in [0.3, 0.4) is 0 Å². The summed E-state index contributed by atoms with van der Waals surface area (Å²) in [6.45, 7) is 1.92. The Labute approximate surface area is 124 Å². The van der Waals surface area contributed by atoms with Crippen molar-refractivity contribution in [1.82, 2.24) is 19.9 Å². The number of carbonyl (C=O) groups is 1. The molecule has 0 fully saturated rings. The molecule has 1 aromatic carbocycles. The number of rotatable bonds is 3. The molecule has 0 radical (unpaired) electrons. The second-order valence-electron chi connectivity index (χ2n) is 4.36. The zero-order chi connectivity index (χ0) is 14.8. The van der Waals surface area contributed by atoms with Gasteiger partial charge in [0.25, 0.3) is 0 Å². The highest BCUT2D eigenvalue weighted by atomic mass is 32.2. The summed E-state index contributed by atoms with van der Waals surface area (Å²) in [4.78, 5) is 27.8. The molecule has 2 heterocycles. The Morgan fingerprint density at radius 3 is 2.62 bits per heavy atom. The normalized spacial score (nSPS) is 10.7. The van der Waals surface area contributed by atoms with Crippen LogP contribution in [0.15, 0.2) is 47.1 Å². The van der Waals surface area contributed by atoms with E-state index in [2.05, 4.69) is 19.9 Å². The maximum absolute atomic E-state index is 11.0. The van der Waals surface area contributed by atoms with Gasteiger partial charge < -0.3 is 5.11 Å². The van der Waals surface area contributed by atoms with Crippen LogP contribution in [-0.2, 0) is 0 Å². The number of carboxylic acid groups (broad SMARTS) is 1. The summed E-state index contributed by atoms with van der Waals surface area (Å²) in [6, 6.07) is 4.77. The summed E-state index contributed by atoms with van der Waals surface area (Å²) in [5.74, 6) is -0.980. The third kappa shape index (κ3) is 2.82. The van der Waals surface area contributed by atoms with Crippen LogP contribution in [-0.4, -0.2) is 31.0 Å². The van der Waals surface area contributed by atoms with E-state index in [4.69, 9.17) is 5.11 Å². The summed E-state index contributed by atoms with van der Waals surface area (Å²) < 4.78 is 0. The molecule has 0 saturated heterocycles. The van der Waals surface area contributed by atoms with Crippen molar-refractivity contribution < 1.29 is 9.90 Å². The number of aromatic carboxylic acids is 1. The molecule has 104 valence electrons. The largest absolute Gasteiger partial charge is 0.478 e. The molecule has 21 heavy (non-hydrogen) atoms. The highest BCUT2D eigenvalue weighted by molar-refractivity contribution is 7.99. The van der Waals surface area contributed by atoms with Gasteiger partial charge in [-0.05, 0) is 42.4 Å². The third-order valence-corrected chi connectivity index (χ3v) is 3.70. The Hall–Kier alpha value is -2.54. The monoisotopic (exact) mass is 298 g/mol. The molecule has 0 atom stereocenters. The van der Waals surface area contributed by atoms with Crippen molar-refractivity contribution in [2.45, 2.75) is 17.1 Å². The maximum Gasteiger partial charge on any atom is 0.335 e. The maximum atomic E-state index is 11.0. The first-order valence-corrected chi connectivity index (χ1v) is 6.90. The molecule has 0 unspecified atom stereocenters. The molecule has 3 rings (SSSR count). The van der Waals surface area contributed by atoms with Gasteiger partial charge in [-0.2, -0.15) is 0 Å². The van der Waals surface area contributed by atoms with E-state index in [1.165, 1.54) is 30.2 Å². The van der Waals surface area contributed by atoms with Crippen LogP contribution in [0.1, 0.15) is 15.9 Å². The lowest BCUT2D eigenvalue weighted by molar-refractivity contribution is 0.0697.